The van der Waals surface area contributed by atoms with E-state index < -0.39 is 0 Å². The van der Waals surface area contributed by atoms with Gasteiger partial charge < -0.3 is 10.6 Å². The van der Waals surface area contributed by atoms with Gasteiger partial charge in [-0.25, -0.2) is 9.97 Å². The number of aromatic nitrogens is 4. The standard InChI is InChI=1S/C10H14N6/c1-11-9-3-10(14-7-13-9)12-4-8-5-15-16(2)6-8/h3,5-7H,4H2,1-2H3,(H2,11,12,13,14). The van der Waals surface area contributed by atoms with E-state index in [0.717, 1.165) is 17.2 Å². The summed E-state index contributed by atoms with van der Waals surface area (Å²) in [6.07, 6.45) is 5.32. The first kappa shape index (κ1) is 10.4. The van der Waals surface area contributed by atoms with Crippen molar-refractivity contribution >= 4 is 11.6 Å². The van der Waals surface area contributed by atoms with Gasteiger partial charge in [-0.1, -0.05) is 0 Å². The normalized spacial score (nSPS) is 10.1. The SMILES string of the molecule is CNc1cc(NCc2cnn(C)c2)ncn1. The highest BCUT2D eigenvalue weighted by Crippen LogP contribution is 2.09. The summed E-state index contributed by atoms with van der Waals surface area (Å²) in [7, 11) is 3.72. The molecule has 0 amide bonds. The molecule has 0 aliphatic rings. The Morgan fingerprint density at radius 2 is 2.12 bits per heavy atom. The van der Waals surface area contributed by atoms with Gasteiger partial charge >= 0.3 is 0 Å². The third-order valence-corrected chi connectivity index (χ3v) is 2.16. The zero-order chi connectivity index (χ0) is 11.4. The van der Waals surface area contributed by atoms with Gasteiger partial charge in [0.2, 0.25) is 0 Å². The van der Waals surface area contributed by atoms with Crippen LogP contribution in [0.25, 0.3) is 0 Å². The van der Waals surface area contributed by atoms with Crippen LogP contribution in [0.5, 0.6) is 0 Å². The summed E-state index contributed by atoms with van der Waals surface area (Å²) >= 11 is 0. The van der Waals surface area contributed by atoms with Crippen molar-refractivity contribution in [1.29, 1.82) is 0 Å². The van der Waals surface area contributed by atoms with Crippen LogP contribution in [0.4, 0.5) is 11.6 Å². The molecule has 0 aliphatic carbocycles. The van der Waals surface area contributed by atoms with Gasteiger partial charge in [0.1, 0.15) is 18.0 Å². The van der Waals surface area contributed by atoms with Crippen LogP contribution in [0.3, 0.4) is 0 Å². The van der Waals surface area contributed by atoms with Crippen LogP contribution in [0, 0.1) is 0 Å². The predicted molar refractivity (Wildman–Crippen MR) is 62.1 cm³/mol. The molecule has 2 aromatic heterocycles. The second-order valence-electron chi connectivity index (χ2n) is 3.41. The lowest BCUT2D eigenvalue weighted by Gasteiger charge is -2.04. The van der Waals surface area contributed by atoms with Gasteiger partial charge in [0, 0.05) is 38.5 Å². The van der Waals surface area contributed by atoms with E-state index in [9.17, 15) is 0 Å². The summed E-state index contributed by atoms with van der Waals surface area (Å²) in [6.45, 7) is 0.702. The van der Waals surface area contributed by atoms with Crippen LogP contribution in [0.1, 0.15) is 5.56 Å². The fraction of sp³-hybridized carbons (Fsp3) is 0.300. The predicted octanol–water partition coefficient (Wildman–Crippen LogP) is 0.864. The van der Waals surface area contributed by atoms with Crippen LogP contribution < -0.4 is 10.6 Å². The molecule has 0 saturated carbocycles. The Morgan fingerprint density at radius 3 is 2.81 bits per heavy atom. The molecule has 0 aromatic carbocycles. The summed E-state index contributed by atoms with van der Waals surface area (Å²) in [4.78, 5) is 8.16. The average Bonchev–Trinajstić information content (AvgIpc) is 2.73. The van der Waals surface area contributed by atoms with Crippen molar-refractivity contribution in [2.24, 2.45) is 7.05 Å². The second-order valence-corrected chi connectivity index (χ2v) is 3.41. The molecule has 0 radical (unpaired) electrons. The van der Waals surface area contributed by atoms with E-state index in [-0.39, 0.29) is 0 Å². The number of nitrogens with zero attached hydrogens (tertiary/aromatic N) is 4. The molecule has 0 bridgehead atoms. The van der Waals surface area contributed by atoms with Gasteiger partial charge in [0.25, 0.3) is 0 Å². The fourth-order valence-corrected chi connectivity index (χ4v) is 1.35. The molecule has 0 unspecified atom stereocenters. The quantitative estimate of drug-likeness (QED) is 0.796. The van der Waals surface area contributed by atoms with Crippen molar-refractivity contribution in [3.8, 4) is 0 Å². The van der Waals surface area contributed by atoms with Gasteiger partial charge in [0.05, 0.1) is 6.20 Å². The first-order valence-electron chi connectivity index (χ1n) is 4.99. The molecular weight excluding hydrogens is 204 g/mol. The van der Waals surface area contributed by atoms with Gasteiger partial charge in [-0.05, 0) is 0 Å². The minimum atomic E-state index is 0.702. The number of aryl methyl sites for hydroxylation is 1. The van der Waals surface area contributed by atoms with Crippen molar-refractivity contribution < 1.29 is 0 Å². The smallest absolute Gasteiger partial charge is 0.131 e. The molecule has 6 nitrogen and oxygen atoms in total. The molecule has 0 spiro atoms. The highest BCUT2D eigenvalue weighted by Gasteiger charge is 1.98. The molecule has 16 heavy (non-hydrogen) atoms. The molecule has 0 aliphatic heterocycles. The Morgan fingerprint density at radius 1 is 1.31 bits per heavy atom. The Kier molecular flexibility index (Phi) is 3.00. The third kappa shape index (κ3) is 2.47. The number of hydrogen-bond acceptors (Lipinski definition) is 5. The summed E-state index contributed by atoms with van der Waals surface area (Å²) in [6, 6.07) is 1.86. The molecule has 0 fully saturated rings. The molecule has 2 aromatic rings. The van der Waals surface area contributed by atoms with Crippen LogP contribution >= 0.6 is 0 Å². The lowest BCUT2D eigenvalue weighted by Crippen LogP contribution is -2.02. The zero-order valence-electron chi connectivity index (χ0n) is 9.31. The lowest BCUT2D eigenvalue weighted by atomic mass is 10.3. The van der Waals surface area contributed by atoms with Crippen molar-refractivity contribution in [2.75, 3.05) is 17.7 Å². The summed E-state index contributed by atoms with van der Waals surface area (Å²) in [5.41, 5.74) is 1.12. The Hall–Kier alpha value is -2.11. The van der Waals surface area contributed by atoms with E-state index >= 15 is 0 Å². The van der Waals surface area contributed by atoms with Gasteiger partial charge in [-0.3, -0.25) is 4.68 Å². The Labute approximate surface area is 93.7 Å². The van der Waals surface area contributed by atoms with Crippen molar-refractivity contribution in [2.45, 2.75) is 6.54 Å². The summed E-state index contributed by atoms with van der Waals surface area (Å²) in [5, 5.41) is 10.3. The van der Waals surface area contributed by atoms with Crippen LogP contribution in [0.15, 0.2) is 24.8 Å². The van der Waals surface area contributed by atoms with Crippen LogP contribution in [-0.2, 0) is 13.6 Å². The highest BCUT2D eigenvalue weighted by molar-refractivity contribution is 5.46. The molecule has 6 heteroatoms. The second kappa shape index (κ2) is 4.61. The monoisotopic (exact) mass is 218 g/mol. The van der Waals surface area contributed by atoms with Crippen LogP contribution in [0.2, 0.25) is 0 Å². The van der Waals surface area contributed by atoms with Crippen molar-refractivity contribution in [3.63, 3.8) is 0 Å². The maximum absolute atomic E-state index is 4.12. The first-order valence-corrected chi connectivity index (χ1v) is 4.99. The molecule has 2 N–H and O–H groups in total. The average molecular weight is 218 g/mol. The third-order valence-electron chi connectivity index (χ3n) is 2.16. The van der Waals surface area contributed by atoms with E-state index in [1.807, 2.05) is 32.6 Å². The maximum Gasteiger partial charge on any atom is 0.131 e. The first-order chi connectivity index (χ1) is 7.78. The number of nitrogens with one attached hydrogen (secondary N) is 2. The molecule has 0 atom stereocenters. The summed E-state index contributed by atoms with van der Waals surface area (Å²) < 4.78 is 1.77. The topological polar surface area (TPSA) is 67.7 Å². The van der Waals surface area contributed by atoms with Gasteiger partial charge in [-0.15, -0.1) is 0 Å². The van der Waals surface area contributed by atoms with E-state index in [0.29, 0.717) is 6.54 Å². The molecule has 2 rings (SSSR count). The maximum atomic E-state index is 4.12. The van der Waals surface area contributed by atoms with E-state index in [1.54, 1.807) is 4.68 Å². The molecular formula is C10H14N6. The number of anilines is 2. The zero-order valence-corrected chi connectivity index (χ0v) is 9.31. The molecule has 2 heterocycles. The van der Waals surface area contributed by atoms with Crippen molar-refractivity contribution in [3.05, 3.63) is 30.4 Å². The number of hydrogen-bond donors (Lipinski definition) is 2. The minimum Gasteiger partial charge on any atom is -0.373 e. The lowest BCUT2D eigenvalue weighted by molar-refractivity contribution is 0.767. The van der Waals surface area contributed by atoms with E-state index in [4.69, 9.17) is 0 Å². The summed E-state index contributed by atoms with van der Waals surface area (Å²) in [5.74, 6) is 1.59. The molecule has 0 saturated heterocycles. The highest BCUT2D eigenvalue weighted by atomic mass is 15.2. The molecule has 84 valence electrons. The number of rotatable bonds is 4. The largest absolute Gasteiger partial charge is 0.373 e. The minimum absolute atomic E-state index is 0.702. The fourth-order valence-electron chi connectivity index (χ4n) is 1.35. The van der Waals surface area contributed by atoms with Crippen molar-refractivity contribution in [1.82, 2.24) is 19.7 Å². The Balaban J connectivity index is 1.99. The van der Waals surface area contributed by atoms with Crippen LogP contribution in [-0.4, -0.2) is 26.8 Å². The Bertz CT molecular complexity index is 464. The van der Waals surface area contributed by atoms with Gasteiger partial charge in [-0.2, -0.15) is 5.10 Å². The van der Waals surface area contributed by atoms with Gasteiger partial charge in [0.15, 0.2) is 0 Å². The van der Waals surface area contributed by atoms with E-state index in [1.165, 1.54) is 6.33 Å². The van der Waals surface area contributed by atoms with E-state index in [2.05, 4.69) is 25.7 Å².